The summed E-state index contributed by atoms with van der Waals surface area (Å²) >= 11 is 0. The molecule has 0 radical (unpaired) electrons. The molecule has 2 aromatic carbocycles. The van der Waals surface area contributed by atoms with Gasteiger partial charge in [-0.2, -0.15) is 0 Å². The third-order valence-electron chi connectivity index (χ3n) is 4.28. The van der Waals surface area contributed by atoms with E-state index < -0.39 is 0 Å². The van der Waals surface area contributed by atoms with E-state index in [1.54, 1.807) is 0 Å². The average Bonchev–Trinajstić information content (AvgIpc) is 3.01. The summed E-state index contributed by atoms with van der Waals surface area (Å²) in [6.45, 7) is 2.41. The SMILES string of the molecule is Cc1cc(-c2ccc(NCCCF)cc2)nc2nc3ccccc3n12. The number of alkyl halides is 1. The lowest BCUT2D eigenvalue weighted by atomic mass is 10.1. The van der Waals surface area contributed by atoms with Gasteiger partial charge in [-0.25, -0.2) is 9.97 Å². The second-order valence-electron chi connectivity index (χ2n) is 6.07. The van der Waals surface area contributed by atoms with Crippen LogP contribution in [0.3, 0.4) is 0 Å². The Morgan fingerprint density at radius 1 is 1.04 bits per heavy atom. The van der Waals surface area contributed by atoms with Crippen LogP contribution >= 0.6 is 0 Å². The molecule has 2 aromatic heterocycles. The summed E-state index contributed by atoms with van der Waals surface area (Å²) in [5, 5.41) is 3.21. The van der Waals surface area contributed by atoms with Crippen LogP contribution in [0.1, 0.15) is 12.1 Å². The Balaban J connectivity index is 1.70. The molecule has 0 aliphatic carbocycles. The van der Waals surface area contributed by atoms with E-state index in [1.807, 2.05) is 42.5 Å². The van der Waals surface area contributed by atoms with Gasteiger partial charge in [-0.1, -0.05) is 24.3 Å². The third-order valence-corrected chi connectivity index (χ3v) is 4.28. The molecule has 4 nitrogen and oxygen atoms in total. The molecule has 0 aliphatic rings. The molecular weight excluding hydrogens is 315 g/mol. The maximum Gasteiger partial charge on any atom is 0.235 e. The summed E-state index contributed by atoms with van der Waals surface area (Å²) in [7, 11) is 0. The first-order valence-corrected chi connectivity index (χ1v) is 8.41. The van der Waals surface area contributed by atoms with Gasteiger partial charge >= 0.3 is 0 Å². The summed E-state index contributed by atoms with van der Waals surface area (Å²) in [5.74, 6) is 0.710. The number of nitrogens with zero attached hydrogens (tertiary/aromatic N) is 3. The Hall–Kier alpha value is -2.95. The number of para-hydroxylation sites is 2. The summed E-state index contributed by atoms with van der Waals surface area (Å²) in [4.78, 5) is 9.36. The fraction of sp³-hybridized carbons (Fsp3) is 0.200. The van der Waals surface area contributed by atoms with Crippen molar-refractivity contribution in [2.45, 2.75) is 13.3 Å². The van der Waals surface area contributed by atoms with Crippen LogP contribution in [0.2, 0.25) is 0 Å². The average molecular weight is 334 g/mol. The van der Waals surface area contributed by atoms with E-state index in [4.69, 9.17) is 4.98 Å². The minimum atomic E-state index is -0.299. The van der Waals surface area contributed by atoms with Gasteiger partial charge in [0.25, 0.3) is 0 Å². The van der Waals surface area contributed by atoms with Crippen LogP contribution < -0.4 is 5.32 Å². The van der Waals surface area contributed by atoms with Gasteiger partial charge in [-0.05, 0) is 43.7 Å². The number of anilines is 1. The van der Waals surface area contributed by atoms with Gasteiger partial charge in [0.15, 0.2) is 0 Å². The van der Waals surface area contributed by atoms with E-state index in [1.165, 1.54) is 0 Å². The van der Waals surface area contributed by atoms with Gasteiger partial charge in [-0.15, -0.1) is 0 Å². The smallest absolute Gasteiger partial charge is 0.235 e. The maximum absolute atomic E-state index is 12.2. The number of hydrogen-bond donors (Lipinski definition) is 1. The van der Waals surface area contributed by atoms with Crippen molar-refractivity contribution in [3.63, 3.8) is 0 Å². The van der Waals surface area contributed by atoms with E-state index in [9.17, 15) is 4.39 Å². The largest absolute Gasteiger partial charge is 0.385 e. The Labute approximate surface area is 145 Å². The normalized spacial score (nSPS) is 11.3. The van der Waals surface area contributed by atoms with Crippen molar-refractivity contribution in [2.75, 3.05) is 18.5 Å². The first kappa shape index (κ1) is 15.6. The van der Waals surface area contributed by atoms with Crippen molar-refractivity contribution in [3.05, 3.63) is 60.3 Å². The number of nitrogens with one attached hydrogen (secondary N) is 1. The van der Waals surface area contributed by atoms with Crippen LogP contribution in [-0.2, 0) is 0 Å². The molecule has 126 valence electrons. The van der Waals surface area contributed by atoms with Crippen molar-refractivity contribution < 1.29 is 4.39 Å². The van der Waals surface area contributed by atoms with Crippen LogP contribution in [0.15, 0.2) is 54.6 Å². The van der Waals surface area contributed by atoms with Gasteiger partial charge in [0.05, 0.1) is 23.4 Å². The minimum absolute atomic E-state index is 0.299. The zero-order valence-electron chi connectivity index (χ0n) is 14.0. The lowest BCUT2D eigenvalue weighted by Gasteiger charge is -2.08. The number of aryl methyl sites for hydroxylation is 1. The summed E-state index contributed by atoms with van der Waals surface area (Å²) in [5.41, 5.74) is 6.04. The zero-order valence-corrected chi connectivity index (χ0v) is 14.0. The highest BCUT2D eigenvalue weighted by atomic mass is 19.1. The van der Waals surface area contributed by atoms with Crippen LogP contribution in [0.4, 0.5) is 10.1 Å². The van der Waals surface area contributed by atoms with Crippen molar-refractivity contribution in [1.82, 2.24) is 14.4 Å². The number of aromatic nitrogens is 3. The fourth-order valence-corrected chi connectivity index (χ4v) is 3.04. The number of hydrogen-bond acceptors (Lipinski definition) is 3. The third kappa shape index (κ3) is 2.93. The lowest BCUT2D eigenvalue weighted by molar-refractivity contribution is 0.481. The second-order valence-corrected chi connectivity index (χ2v) is 6.07. The van der Waals surface area contributed by atoms with Gasteiger partial charge < -0.3 is 5.32 Å². The molecule has 0 spiro atoms. The van der Waals surface area contributed by atoms with E-state index in [0.29, 0.717) is 18.7 Å². The molecule has 0 saturated carbocycles. The summed E-state index contributed by atoms with van der Waals surface area (Å²) in [6.07, 6.45) is 0.520. The summed E-state index contributed by atoms with van der Waals surface area (Å²) in [6, 6.07) is 18.2. The Morgan fingerprint density at radius 3 is 2.64 bits per heavy atom. The highest BCUT2D eigenvalue weighted by molar-refractivity contribution is 5.80. The van der Waals surface area contributed by atoms with Crippen LogP contribution in [0, 0.1) is 6.92 Å². The van der Waals surface area contributed by atoms with Gasteiger partial charge in [0.1, 0.15) is 0 Å². The van der Waals surface area contributed by atoms with Gasteiger partial charge in [0, 0.05) is 23.5 Å². The van der Waals surface area contributed by atoms with E-state index in [2.05, 4.69) is 33.8 Å². The highest BCUT2D eigenvalue weighted by Gasteiger charge is 2.10. The van der Waals surface area contributed by atoms with Crippen molar-refractivity contribution in [2.24, 2.45) is 0 Å². The number of benzene rings is 2. The first-order valence-electron chi connectivity index (χ1n) is 8.41. The quantitative estimate of drug-likeness (QED) is 0.541. The molecule has 0 atom stereocenters. The van der Waals surface area contributed by atoms with Gasteiger partial charge in [-0.3, -0.25) is 8.79 Å². The fourth-order valence-electron chi connectivity index (χ4n) is 3.04. The Morgan fingerprint density at radius 2 is 1.84 bits per heavy atom. The molecule has 0 saturated heterocycles. The molecule has 0 aliphatic heterocycles. The van der Waals surface area contributed by atoms with Crippen molar-refractivity contribution in [3.8, 4) is 11.3 Å². The molecule has 5 heteroatoms. The lowest BCUT2D eigenvalue weighted by Crippen LogP contribution is -2.02. The predicted molar refractivity (Wildman–Crippen MR) is 99.7 cm³/mol. The molecular formula is C20H19FN4. The molecule has 4 rings (SSSR count). The maximum atomic E-state index is 12.2. The molecule has 2 heterocycles. The molecule has 0 unspecified atom stereocenters. The predicted octanol–water partition coefficient (Wildman–Crippen LogP) is 4.63. The second kappa shape index (κ2) is 6.51. The zero-order chi connectivity index (χ0) is 17.2. The molecule has 1 N–H and O–H groups in total. The number of imidazole rings is 1. The van der Waals surface area contributed by atoms with Crippen molar-refractivity contribution >= 4 is 22.5 Å². The first-order chi connectivity index (χ1) is 12.3. The van der Waals surface area contributed by atoms with E-state index in [-0.39, 0.29) is 6.67 Å². The van der Waals surface area contributed by atoms with Crippen LogP contribution in [-0.4, -0.2) is 27.6 Å². The van der Waals surface area contributed by atoms with E-state index in [0.717, 1.165) is 33.7 Å². The highest BCUT2D eigenvalue weighted by Crippen LogP contribution is 2.24. The molecule has 4 aromatic rings. The number of rotatable bonds is 5. The monoisotopic (exact) mass is 334 g/mol. The standard InChI is InChI=1S/C20H19FN4/c1-14-13-18(15-7-9-16(10-8-15)22-12-4-11-21)24-20-23-17-5-2-3-6-19(17)25(14)20/h2-3,5-10,13,22H,4,11-12H2,1H3. The van der Waals surface area contributed by atoms with Gasteiger partial charge in [0.2, 0.25) is 5.78 Å². The van der Waals surface area contributed by atoms with Crippen molar-refractivity contribution in [1.29, 1.82) is 0 Å². The summed E-state index contributed by atoms with van der Waals surface area (Å²) < 4.78 is 14.2. The molecule has 0 fully saturated rings. The van der Waals surface area contributed by atoms with Crippen LogP contribution in [0.25, 0.3) is 28.1 Å². The van der Waals surface area contributed by atoms with E-state index >= 15 is 0 Å². The number of halogens is 1. The molecule has 0 amide bonds. The minimum Gasteiger partial charge on any atom is -0.385 e. The topological polar surface area (TPSA) is 42.2 Å². The Bertz CT molecular complexity index is 1020. The molecule has 0 bridgehead atoms. The van der Waals surface area contributed by atoms with Crippen LogP contribution in [0.5, 0.6) is 0 Å². The molecule has 25 heavy (non-hydrogen) atoms. The number of fused-ring (bicyclic) bond motifs is 3. The Kier molecular flexibility index (Phi) is 4.06.